The fourth-order valence-electron chi connectivity index (χ4n) is 7.22. The van der Waals surface area contributed by atoms with Crippen molar-refractivity contribution in [1.29, 1.82) is 0 Å². The van der Waals surface area contributed by atoms with Crippen LogP contribution in [0.1, 0.15) is 65.6 Å². The van der Waals surface area contributed by atoms with Crippen LogP contribution >= 0.6 is 0 Å². The van der Waals surface area contributed by atoms with Crippen LogP contribution in [0.4, 0.5) is 8.78 Å². The number of carbonyl (C=O) groups is 3. The molecule has 0 heterocycles. The molecule has 0 spiro atoms. The molecule has 2 aromatic carbocycles. The van der Waals surface area contributed by atoms with Gasteiger partial charge in [0.25, 0.3) is 11.8 Å². The predicted octanol–water partition coefficient (Wildman–Crippen LogP) is 5.24. The smallest absolute Gasteiger partial charge is 0.387 e. The number of benzene rings is 2. The van der Waals surface area contributed by atoms with Crippen molar-refractivity contribution < 1.29 is 32.6 Å². The molecule has 196 valence electrons. The first kappa shape index (κ1) is 25.4. The zero-order valence-electron chi connectivity index (χ0n) is 21.0. The molecule has 4 bridgehead atoms. The molecule has 2 atom stereocenters. The van der Waals surface area contributed by atoms with Gasteiger partial charge in [-0.2, -0.15) is 8.78 Å². The van der Waals surface area contributed by atoms with Crippen LogP contribution in [0.2, 0.25) is 0 Å². The van der Waals surface area contributed by atoms with Crippen molar-refractivity contribution in [2.45, 2.75) is 64.4 Å². The summed E-state index contributed by atoms with van der Waals surface area (Å²) in [6.45, 7) is 0.699. The van der Waals surface area contributed by atoms with Crippen LogP contribution < -0.4 is 10.1 Å². The molecule has 0 radical (unpaired) electrons. The van der Waals surface area contributed by atoms with Gasteiger partial charge in [0, 0.05) is 5.56 Å². The molecule has 4 fully saturated rings. The second kappa shape index (κ2) is 9.54. The summed E-state index contributed by atoms with van der Waals surface area (Å²) in [5, 5.41) is 2.19. The largest absolute Gasteiger partial charge is 0.455 e. The third kappa shape index (κ3) is 4.98. The van der Waals surface area contributed by atoms with Crippen LogP contribution in [0.5, 0.6) is 5.75 Å². The topological polar surface area (TPSA) is 81.7 Å². The van der Waals surface area contributed by atoms with Gasteiger partial charge in [-0.25, -0.2) is 0 Å². The molecular weight excluding hydrogens is 480 g/mol. The number of aryl methyl sites for hydroxylation is 2. The molecule has 0 saturated heterocycles. The number of rotatable bonds is 7. The normalized spacial score (nSPS) is 27.7. The van der Waals surface area contributed by atoms with Gasteiger partial charge in [0.05, 0.1) is 5.41 Å². The molecule has 0 aliphatic heterocycles. The number of imide groups is 1. The molecule has 4 saturated carbocycles. The molecule has 4 aliphatic carbocycles. The van der Waals surface area contributed by atoms with Gasteiger partial charge in [0.15, 0.2) is 6.61 Å². The number of halogens is 2. The first-order valence-electron chi connectivity index (χ1n) is 12.7. The maximum absolute atomic E-state index is 13.4. The molecule has 2 aromatic rings. The van der Waals surface area contributed by atoms with Gasteiger partial charge >= 0.3 is 12.6 Å². The summed E-state index contributed by atoms with van der Waals surface area (Å²) in [6.07, 6.45) is 5.58. The molecule has 4 aliphatic rings. The van der Waals surface area contributed by atoms with Crippen molar-refractivity contribution in [3.63, 3.8) is 0 Å². The van der Waals surface area contributed by atoms with Crippen LogP contribution in [0, 0.1) is 31.1 Å². The van der Waals surface area contributed by atoms with Crippen LogP contribution in [0.3, 0.4) is 0 Å². The summed E-state index contributed by atoms with van der Waals surface area (Å²) in [6, 6.07) is 11.6. The molecule has 0 aromatic heterocycles. The lowest BCUT2D eigenvalue weighted by Gasteiger charge is -2.61. The van der Waals surface area contributed by atoms with E-state index in [1.165, 1.54) is 41.0 Å². The minimum Gasteiger partial charge on any atom is -0.455 e. The van der Waals surface area contributed by atoms with Gasteiger partial charge in [0.1, 0.15) is 5.75 Å². The van der Waals surface area contributed by atoms with Crippen LogP contribution in [0.15, 0.2) is 42.5 Å². The lowest BCUT2D eigenvalue weighted by Crippen LogP contribution is -2.57. The van der Waals surface area contributed by atoms with E-state index < -0.39 is 30.4 Å². The molecule has 1 N–H and O–H groups in total. The lowest BCUT2D eigenvalue weighted by molar-refractivity contribution is -0.175. The zero-order valence-corrected chi connectivity index (χ0v) is 21.0. The van der Waals surface area contributed by atoms with Crippen molar-refractivity contribution in [2.75, 3.05) is 6.61 Å². The summed E-state index contributed by atoms with van der Waals surface area (Å²) in [4.78, 5) is 38.2. The summed E-state index contributed by atoms with van der Waals surface area (Å²) in [5.74, 6) is -0.981. The van der Waals surface area contributed by atoms with Crippen molar-refractivity contribution in [1.82, 2.24) is 5.32 Å². The Morgan fingerprint density at radius 1 is 0.973 bits per heavy atom. The van der Waals surface area contributed by atoms with Crippen LogP contribution in [-0.4, -0.2) is 31.0 Å². The van der Waals surface area contributed by atoms with E-state index in [2.05, 4.69) is 42.1 Å². The van der Waals surface area contributed by atoms with Crippen molar-refractivity contribution in [2.24, 2.45) is 17.3 Å². The number of esters is 1. The number of carbonyl (C=O) groups excluding carboxylic acids is 3. The minimum atomic E-state index is -2.97. The number of alkyl halides is 2. The van der Waals surface area contributed by atoms with Gasteiger partial charge < -0.3 is 9.47 Å². The third-order valence-corrected chi connectivity index (χ3v) is 8.54. The summed E-state index contributed by atoms with van der Waals surface area (Å²) in [5.41, 5.74) is 3.25. The number of amides is 2. The van der Waals surface area contributed by atoms with E-state index in [0.29, 0.717) is 11.8 Å². The van der Waals surface area contributed by atoms with E-state index in [1.54, 1.807) is 0 Å². The second-order valence-electron chi connectivity index (χ2n) is 11.2. The number of hydrogen-bond donors (Lipinski definition) is 1. The lowest BCUT2D eigenvalue weighted by atomic mass is 9.43. The molecule has 6 rings (SSSR count). The van der Waals surface area contributed by atoms with Crippen LogP contribution in [-0.2, 0) is 19.7 Å². The van der Waals surface area contributed by atoms with E-state index >= 15 is 0 Å². The van der Waals surface area contributed by atoms with Gasteiger partial charge in [-0.05, 0) is 111 Å². The number of ether oxygens (including phenoxy) is 2. The van der Waals surface area contributed by atoms with E-state index in [1.807, 2.05) is 0 Å². The average molecular weight is 512 g/mol. The van der Waals surface area contributed by atoms with Gasteiger partial charge in [-0.1, -0.05) is 18.2 Å². The summed E-state index contributed by atoms with van der Waals surface area (Å²) in [7, 11) is 0. The van der Waals surface area contributed by atoms with Crippen molar-refractivity contribution >= 4 is 17.8 Å². The second-order valence-corrected chi connectivity index (χ2v) is 11.2. The fourth-order valence-corrected chi connectivity index (χ4v) is 7.22. The Balaban J connectivity index is 1.22. The molecule has 6 nitrogen and oxygen atoms in total. The Labute approximate surface area is 214 Å². The van der Waals surface area contributed by atoms with Gasteiger partial charge in [-0.3, -0.25) is 19.7 Å². The minimum absolute atomic E-state index is 0.0417. The zero-order chi connectivity index (χ0) is 26.4. The Kier molecular flexibility index (Phi) is 6.54. The van der Waals surface area contributed by atoms with E-state index in [4.69, 9.17) is 4.74 Å². The fraction of sp³-hybridized carbons (Fsp3) is 0.483. The highest BCUT2D eigenvalue weighted by Crippen LogP contribution is 2.66. The molecular formula is C29H31F2NO5. The van der Waals surface area contributed by atoms with Gasteiger partial charge in [0.2, 0.25) is 0 Å². The third-order valence-electron chi connectivity index (χ3n) is 8.54. The maximum atomic E-state index is 13.4. The number of nitrogens with one attached hydrogen (secondary N) is 1. The first-order valence-corrected chi connectivity index (χ1v) is 12.7. The SMILES string of the molecule is Cc1ccc(C23CC4CC(CC(C(=O)OCC(=O)NC(=O)c5ccc(OC(F)F)cc5)(C4)C2)C3)cc1C. The van der Waals surface area contributed by atoms with Crippen molar-refractivity contribution in [3.8, 4) is 5.75 Å². The Hall–Kier alpha value is -3.29. The number of hydrogen-bond acceptors (Lipinski definition) is 5. The highest BCUT2D eigenvalue weighted by atomic mass is 19.3. The Morgan fingerprint density at radius 3 is 2.27 bits per heavy atom. The summed E-state index contributed by atoms with van der Waals surface area (Å²) < 4.78 is 34.3. The molecule has 37 heavy (non-hydrogen) atoms. The standard InChI is InChI=1S/C29H31F2NO5/c1-17-3-6-22(9-18(17)2)28-11-19-10-20(12-28)14-29(13-19,16-28)26(35)36-15-24(33)32-25(34)21-4-7-23(8-5-21)37-27(30)31/h3-9,19-20,27H,10-16H2,1-2H3,(H,32,33,34). The average Bonchev–Trinajstić information content (AvgIpc) is 2.83. The highest BCUT2D eigenvalue weighted by Gasteiger charge is 2.61. The van der Waals surface area contributed by atoms with E-state index in [9.17, 15) is 23.2 Å². The first-order chi connectivity index (χ1) is 17.6. The molecule has 2 amide bonds. The quantitative estimate of drug-likeness (QED) is 0.514. The monoisotopic (exact) mass is 511 g/mol. The predicted molar refractivity (Wildman–Crippen MR) is 131 cm³/mol. The Morgan fingerprint density at radius 2 is 1.65 bits per heavy atom. The Bertz CT molecular complexity index is 1210. The summed E-state index contributed by atoms with van der Waals surface area (Å²) >= 11 is 0. The van der Waals surface area contributed by atoms with E-state index in [-0.39, 0.29) is 22.7 Å². The van der Waals surface area contributed by atoms with Crippen LogP contribution in [0.25, 0.3) is 0 Å². The highest BCUT2D eigenvalue weighted by molar-refractivity contribution is 6.05. The maximum Gasteiger partial charge on any atom is 0.387 e. The van der Waals surface area contributed by atoms with Crippen molar-refractivity contribution in [3.05, 3.63) is 64.7 Å². The van der Waals surface area contributed by atoms with E-state index in [0.717, 1.165) is 38.5 Å². The molecule has 8 heteroatoms. The molecule has 2 unspecified atom stereocenters. The van der Waals surface area contributed by atoms with Gasteiger partial charge in [-0.15, -0.1) is 0 Å².